The molecular formula is C54H60O18. The van der Waals surface area contributed by atoms with E-state index >= 15 is 4.79 Å². The summed E-state index contributed by atoms with van der Waals surface area (Å²) in [7, 11) is 5.23. The largest absolute Gasteiger partial charge is 0.496 e. The first-order valence-electron chi connectivity index (χ1n) is 22.7. The highest BCUT2D eigenvalue weighted by atomic mass is 16.6. The predicted octanol–water partition coefficient (Wildman–Crippen LogP) is 7.63. The van der Waals surface area contributed by atoms with Gasteiger partial charge >= 0.3 is 29.8 Å². The molecule has 0 saturated heterocycles. The van der Waals surface area contributed by atoms with Crippen molar-refractivity contribution in [1.29, 1.82) is 0 Å². The lowest BCUT2D eigenvalue weighted by atomic mass is 9.57. The normalized spacial score (nSPS) is 19.1. The number of hydrogen-bond acceptors (Lipinski definition) is 16. The number of aliphatic hydroxyl groups is 2. The molecule has 1 aliphatic carbocycles. The van der Waals surface area contributed by atoms with Crippen LogP contribution in [0.1, 0.15) is 129 Å². The van der Waals surface area contributed by atoms with Crippen molar-refractivity contribution in [1.82, 2.24) is 0 Å². The third-order valence-corrected chi connectivity index (χ3v) is 15.1. The Hall–Kier alpha value is -7.44. The smallest absolute Gasteiger partial charge is 0.347 e. The molecule has 18 nitrogen and oxygen atoms in total. The monoisotopic (exact) mass is 996 g/mol. The third kappa shape index (κ3) is 7.61. The summed E-state index contributed by atoms with van der Waals surface area (Å²) < 4.78 is 46.9. The van der Waals surface area contributed by atoms with E-state index in [4.69, 9.17) is 37.9 Å². The molecule has 0 amide bonds. The summed E-state index contributed by atoms with van der Waals surface area (Å²) >= 11 is 0. The van der Waals surface area contributed by atoms with Crippen LogP contribution in [0.3, 0.4) is 0 Å². The molecular weight excluding hydrogens is 937 g/mol. The minimum absolute atomic E-state index is 0.00281. The molecule has 4 N–H and O–H groups in total. The highest BCUT2D eigenvalue weighted by Gasteiger charge is 2.71. The summed E-state index contributed by atoms with van der Waals surface area (Å²) in [5.74, 6) is -6.55. The van der Waals surface area contributed by atoms with Gasteiger partial charge in [-0.3, -0.25) is 4.79 Å². The molecule has 18 heteroatoms. The zero-order valence-corrected chi connectivity index (χ0v) is 43.7. The first-order chi connectivity index (χ1) is 33.4. The van der Waals surface area contributed by atoms with Gasteiger partial charge in [-0.2, -0.15) is 0 Å². The van der Waals surface area contributed by atoms with Gasteiger partial charge in [0, 0.05) is 34.2 Å². The summed E-state index contributed by atoms with van der Waals surface area (Å²) in [5.41, 5.74) is -5.16. The second-order valence-corrected chi connectivity index (χ2v) is 18.7. The van der Waals surface area contributed by atoms with Gasteiger partial charge in [-0.25, -0.2) is 24.0 Å². The van der Waals surface area contributed by atoms with Crippen LogP contribution in [0.2, 0.25) is 0 Å². The quantitative estimate of drug-likeness (QED) is 0.0604. The van der Waals surface area contributed by atoms with Crippen molar-refractivity contribution in [2.75, 3.05) is 28.4 Å². The maximum atomic E-state index is 15.1. The molecule has 1 aliphatic heterocycles. The summed E-state index contributed by atoms with van der Waals surface area (Å²) in [5, 5.41) is 45.0. The Morgan fingerprint density at radius 1 is 0.458 bits per heavy atom. The first-order valence-corrected chi connectivity index (χ1v) is 22.7. The van der Waals surface area contributed by atoms with Crippen LogP contribution in [0.4, 0.5) is 0 Å². The lowest BCUT2D eigenvalue weighted by Gasteiger charge is -2.57. The van der Waals surface area contributed by atoms with Gasteiger partial charge in [0.25, 0.3) is 0 Å². The molecule has 6 rings (SSSR count). The number of fused-ring (bicyclic) bond motifs is 2. The molecule has 4 aromatic rings. The zero-order chi connectivity index (χ0) is 54.3. The summed E-state index contributed by atoms with van der Waals surface area (Å²) in [6.45, 7) is 21.0. The Labute approximate surface area is 416 Å². The Balaban J connectivity index is 1.41. The van der Waals surface area contributed by atoms with Crippen molar-refractivity contribution in [3.05, 3.63) is 100 Å². The van der Waals surface area contributed by atoms with E-state index in [1.54, 1.807) is 62.3 Å². The molecule has 4 aromatic carbocycles. The number of esters is 3. The Bertz CT molecular complexity index is 3150. The Morgan fingerprint density at radius 2 is 0.792 bits per heavy atom. The highest BCUT2D eigenvalue weighted by molar-refractivity contribution is 6.23. The van der Waals surface area contributed by atoms with Crippen molar-refractivity contribution < 1.29 is 87.1 Å². The van der Waals surface area contributed by atoms with Crippen LogP contribution in [-0.2, 0) is 16.0 Å². The molecule has 0 bridgehead atoms. The van der Waals surface area contributed by atoms with Crippen LogP contribution >= 0.6 is 0 Å². The molecule has 72 heavy (non-hydrogen) atoms. The minimum atomic E-state index is -2.45. The third-order valence-electron chi connectivity index (χ3n) is 15.1. The number of methoxy groups -OCH3 is 4. The van der Waals surface area contributed by atoms with E-state index in [-0.39, 0.29) is 113 Å². The van der Waals surface area contributed by atoms with E-state index in [1.807, 2.05) is 0 Å². The molecule has 0 saturated carbocycles. The van der Waals surface area contributed by atoms with Crippen molar-refractivity contribution in [2.45, 2.75) is 120 Å². The van der Waals surface area contributed by atoms with E-state index in [0.29, 0.717) is 27.8 Å². The van der Waals surface area contributed by atoms with Gasteiger partial charge in [0.05, 0.1) is 28.4 Å². The molecule has 384 valence electrons. The fraction of sp³-hybridized carbons (Fsp3) is 0.407. The number of hydrogen-bond donors (Lipinski definition) is 4. The van der Waals surface area contributed by atoms with Gasteiger partial charge in [-0.15, -0.1) is 0 Å². The molecule has 1 heterocycles. The molecule has 0 radical (unpaired) electrons. The fourth-order valence-electron chi connectivity index (χ4n) is 10.4. The number of ether oxygens (including phenoxy) is 8. The molecule has 3 unspecified atom stereocenters. The maximum Gasteiger partial charge on any atom is 0.347 e. The lowest BCUT2D eigenvalue weighted by Crippen LogP contribution is -2.76. The van der Waals surface area contributed by atoms with Gasteiger partial charge in [-0.1, -0.05) is 0 Å². The maximum absolute atomic E-state index is 15.1. The van der Waals surface area contributed by atoms with E-state index in [2.05, 4.69) is 0 Å². The number of rotatable bonds is 12. The van der Waals surface area contributed by atoms with Gasteiger partial charge in [0.1, 0.15) is 85.0 Å². The topological polar surface area (TPSA) is 257 Å². The van der Waals surface area contributed by atoms with Crippen LogP contribution in [-0.4, -0.2) is 101 Å². The van der Waals surface area contributed by atoms with Crippen LogP contribution in [0.5, 0.6) is 46.0 Å². The van der Waals surface area contributed by atoms with E-state index in [1.165, 1.54) is 63.1 Å². The minimum Gasteiger partial charge on any atom is -0.496 e. The number of carboxylic acid groups (broad SMARTS) is 2. The predicted molar refractivity (Wildman–Crippen MR) is 260 cm³/mol. The molecule has 0 aromatic heterocycles. The number of carboxylic acids is 2. The van der Waals surface area contributed by atoms with Crippen LogP contribution in [0.15, 0.2) is 11.1 Å². The summed E-state index contributed by atoms with van der Waals surface area (Å²) in [6, 6.07) is 0. The Morgan fingerprint density at radius 3 is 1.17 bits per heavy atom. The average Bonchev–Trinajstić information content (AvgIpc) is 3.31. The zero-order valence-electron chi connectivity index (χ0n) is 43.7. The summed E-state index contributed by atoms with van der Waals surface area (Å²) in [4.78, 5) is 82.6. The molecule has 0 fully saturated rings. The van der Waals surface area contributed by atoms with Gasteiger partial charge in [0.15, 0.2) is 0 Å². The van der Waals surface area contributed by atoms with Gasteiger partial charge in [-0.05, 0) is 141 Å². The van der Waals surface area contributed by atoms with Crippen molar-refractivity contribution >= 4 is 35.6 Å². The van der Waals surface area contributed by atoms with E-state index < -0.39 is 64.4 Å². The first kappa shape index (κ1) is 53.9. The second kappa shape index (κ2) is 18.6. The van der Waals surface area contributed by atoms with E-state index in [9.17, 15) is 44.4 Å². The SMILES string of the molecule is COc1c(C)c(OC(=O)c2c(C)c(C)c(OC(=O)C3=C(C)C(C)(O)C4(O)Cc5c(C)c(OC)c(C(=O)Oc6c(C)c(C)c(C(=O)O)c(OC)c6C)c(C)c5OC4(C)C3=O)c(C)c2OC)c(C)c(C)c1C(=O)O. The van der Waals surface area contributed by atoms with Crippen molar-refractivity contribution in [3.8, 4) is 46.0 Å². The van der Waals surface area contributed by atoms with E-state index in [0.717, 1.165) is 0 Å². The fourth-order valence-corrected chi connectivity index (χ4v) is 10.4. The average molecular weight is 997 g/mol. The molecule has 2 aliphatic rings. The molecule has 3 atom stereocenters. The van der Waals surface area contributed by atoms with Gasteiger partial charge < -0.3 is 58.3 Å². The number of carbonyl (C=O) groups is 6. The second-order valence-electron chi connectivity index (χ2n) is 18.7. The van der Waals surface area contributed by atoms with Crippen LogP contribution in [0.25, 0.3) is 0 Å². The van der Waals surface area contributed by atoms with Crippen molar-refractivity contribution in [2.24, 2.45) is 0 Å². The van der Waals surface area contributed by atoms with Gasteiger partial charge in [0.2, 0.25) is 11.4 Å². The summed E-state index contributed by atoms with van der Waals surface area (Å²) in [6.07, 6.45) is -0.428. The molecule has 0 spiro atoms. The number of aromatic carboxylic acids is 2. The number of carbonyl (C=O) groups excluding carboxylic acids is 4. The standard InChI is InChI=1S/C54H60O18/c1-20-23(4)38(28(9)43(66-16)33(20)47(56)57)69-49(60)35-22(3)25(6)40(30(11)45(35)68-18)71-51(62)37-31(12)52(13,63)54(64)19-32-26(7)42(65-15)36(27(8)41(32)72-53(54,14)46(37)55)50(61)70-39-24(5)21(2)34(48(58)59)44(67-17)29(39)10/h63-64H,19H2,1-18H3,(H,56,57)(H,58,59). The van der Waals surface area contributed by atoms with Crippen LogP contribution in [0, 0.1) is 76.2 Å². The highest BCUT2D eigenvalue weighted by Crippen LogP contribution is 2.56. The number of benzene rings is 4. The lowest BCUT2D eigenvalue weighted by molar-refractivity contribution is -0.221. The Kier molecular flexibility index (Phi) is 13.9. The number of Topliss-reactive ketones (excluding diaryl/α,β-unsaturated/α-hetero) is 1. The number of ketones is 1. The van der Waals surface area contributed by atoms with Crippen LogP contribution < -0.4 is 37.9 Å². The van der Waals surface area contributed by atoms with Crippen molar-refractivity contribution in [3.63, 3.8) is 0 Å².